The molecule has 48 valence electrons. The Kier molecular flexibility index (Phi) is 43.2. The Hall–Kier alpha value is 0.142. The first-order valence-electron chi connectivity index (χ1n) is 2.64. The summed E-state index contributed by atoms with van der Waals surface area (Å²) in [4.78, 5) is 0. The van der Waals surface area contributed by atoms with E-state index in [1.807, 2.05) is 26.0 Å². The molecule has 0 aliphatic rings. The van der Waals surface area contributed by atoms with Gasteiger partial charge >= 0.3 is 27.3 Å². The fourth-order valence-corrected chi connectivity index (χ4v) is 0. The third-order valence-corrected chi connectivity index (χ3v) is 0.471. The van der Waals surface area contributed by atoms with E-state index in [1.165, 1.54) is 0 Å². The zero-order chi connectivity index (χ0) is 6.83. The summed E-state index contributed by atoms with van der Waals surface area (Å²) in [5.74, 6) is 0. The number of hydrogen-bond acceptors (Lipinski definition) is 0. The summed E-state index contributed by atoms with van der Waals surface area (Å²) in [7, 11) is 0. The molecule has 0 unspecified atom stereocenters. The van der Waals surface area contributed by atoms with Crippen LogP contribution >= 0.6 is 0 Å². The van der Waals surface area contributed by atoms with Crippen molar-refractivity contribution < 1.29 is 27.3 Å². The zero-order valence-corrected chi connectivity index (χ0v) is 10.5. The maximum absolute atomic E-state index is 3.42. The Bertz CT molecular complexity index is 45.0. The van der Waals surface area contributed by atoms with Crippen LogP contribution < -0.4 is 0 Å². The molecule has 0 saturated heterocycles. The van der Waals surface area contributed by atoms with Crippen molar-refractivity contribution in [1.29, 1.82) is 0 Å². The van der Waals surface area contributed by atoms with Gasteiger partial charge in [-0.25, -0.2) is 38.2 Å². The van der Waals surface area contributed by atoms with E-state index in [0.29, 0.717) is 0 Å². The van der Waals surface area contributed by atoms with Gasteiger partial charge < -0.3 is 0 Å². The molecule has 0 fully saturated rings. The molecule has 0 saturated carbocycles. The van der Waals surface area contributed by atoms with Crippen molar-refractivity contribution in [2.45, 2.75) is 13.8 Å². The standard InChI is InChI=1S/2C4H7.Cd/c2*1-3-4-2;/h2*3-4H,1H2,2H3;/q2*-1;+2. The van der Waals surface area contributed by atoms with Crippen molar-refractivity contribution in [3.05, 3.63) is 38.2 Å². The first-order valence-corrected chi connectivity index (χ1v) is 2.64. The Morgan fingerprint density at radius 1 is 0.889 bits per heavy atom. The maximum atomic E-state index is 3.42. The van der Waals surface area contributed by atoms with Crippen molar-refractivity contribution in [3.8, 4) is 0 Å². The Morgan fingerprint density at radius 2 is 1.00 bits per heavy atom. The predicted octanol–water partition coefficient (Wildman–Crippen LogP) is 2.79. The molecule has 9 heavy (non-hydrogen) atoms. The third kappa shape index (κ3) is 66.9. The predicted molar refractivity (Wildman–Crippen MR) is 40.3 cm³/mol. The first-order chi connectivity index (χ1) is 3.83. The second-order valence-corrected chi connectivity index (χ2v) is 1.14. The van der Waals surface area contributed by atoms with Crippen molar-refractivity contribution in [1.82, 2.24) is 0 Å². The van der Waals surface area contributed by atoms with E-state index in [4.69, 9.17) is 0 Å². The van der Waals surface area contributed by atoms with Crippen LogP contribution in [-0.4, -0.2) is 0 Å². The summed E-state index contributed by atoms with van der Waals surface area (Å²) in [5, 5.41) is 0. The SMILES string of the molecule is [CH2-]C=CC.[CH2-]C=CC.[Cd+2]. The van der Waals surface area contributed by atoms with E-state index in [1.54, 1.807) is 12.2 Å². The van der Waals surface area contributed by atoms with Gasteiger partial charge in [0.2, 0.25) is 0 Å². The molecule has 0 rings (SSSR count). The van der Waals surface area contributed by atoms with Gasteiger partial charge in [0.25, 0.3) is 0 Å². The average molecular weight is 223 g/mol. The van der Waals surface area contributed by atoms with Gasteiger partial charge in [-0.05, 0) is 0 Å². The normalized spacial score (nSPS) is 8.22. The summed E-state index contributed by atoms with van der Waals surface area (Å²) < 4.78 is 0. The first kappa shape index (κ1) is 16.1. The van der Waals surface area contributed by atoms with Gasteiger partial charge in [-0.1, -0.05) is 0 Å². The Labute approximate surface area is 79.2 Å². The number of hydrogen-bond donors (Lipinski definition) is 0. The summed E-state index contributed by atoms with van der Waals surface area (Å²) in [6.45, 7) is 10.7. The molecule has 0 heterocycles. The van der Waals surface area contributed by atoms with Gasteiger partial charge in [0.1, 0.15) is 0 Å². The van der Waals surface area contributed by atoms with Crippen LogP contribution in [0.15, 0.2) is 24.3 Å². The van der Waals surface area contributed by atoms with E-state index in [0.717, 1.165) is 0 Å². The molecule has 0 aliphatic heterocycles. The van der Waals surface area contributed by atoms with Crippen LogP contribution in [-0.2, 0) is 27.3 Å². The van der Waals surface area contributed by atoms with Crippen molar-refractivity contribution >= 4 is 0 Å². The van der Waals surface area contributed by atoms with E-state index in [-0.39, 0.29) is 27.3 Å². The molecule has 0 spiro atoms. The molecule has 0 aromatic rings. The fraction of sp³-hybridized carbons (Fsp3) is 0.250. The minimum Gasteiger partial charge on any atom is -0.245 e. The van der Waals surface area contributed by atoms with Crippen LogP contribution in [0.4, 0.5) is 0 Å². The zero-order valence-electron chi connectivity index (χ0n) is 6.43. The number of allylic oxidation sites excluding steroid dienone is 4. The summed E-state index contributed by atoms with van der Waals surface area (Å²) in [6.07, 6.45) is 7.28. The van der Waals surface area contributed by atoms with E-state index in [2.05, 4.69) is 13.8 Å². The number of rotatable bonds is 0. The van der Waals surface area contributed by atoms with E-state index in [9.17, 15) is 0 Å². The van der Waals surface area contributed by atoms with Gasteiger partial charge in [0.05, 0.1) is 0 Å². The molecule has 0 bridgehead atoms. The van der Waals surface area contributed by atoms with Crippen LogP contribution in [0.1, 0.15) is 13.8 Å². The second kappa shape index (κ2) is 24.2. The van der Waals surface area contributed by atoms with Gasteiger partial charge in [-0.15, -0.1) is 13.8 Å². The quantitative estimate of drug-likeness (QED) is 0.437. The monoisotopic (exact) mass is 224 g/mol. The molecule has 1 heteroatoms. The fourth-order valence-electron chi connectivity index (χ4n) is 0. The summed E-state index contributed by atoms with van der Waals surface area (Å²) in [5.41, 5.74) is 0. The topological polar surface area (TPSA) is 0 Å². The van der Waals surface area contributed by atoms with Gasteiger partial charge in [-0.3, -0.25) is 0 Å². The van der Waals surface area contributed by atoms with Gasteiger partial charge in [-0.2, -0.15) is 0 Å². The molecule has 0 aromatic carbocycles. The van der Waals surface area contributed by atoms with Gasteiger partial charge in [0.15, 0.2) is 0 Å². The van der Waals surface area contributed by atoms with E-state index < -0.39 is 0 Å². The summed E-state index contributed by atoms with van der Waals surface area (Å²) in [6, 6.07) is 0. The van der Waals surface area contributed by atoms with E-state index >= 15 is 0 Å². The Balaban J connectivity index is -0.0000000720. The van der Waals surface area contributed by atoms with Crippen molar-refractivity contribution in [2.24, 2.45) is 0 Å². The molecule has 0 atom stereocenters. The molecular weight excluding hydrogens is 208 g/mol. The van der Waals surface area contributed by atoms with Crippen molar-refractivity contribution in [3.63, 3.8) is 0 Å². The minimum absolute atomic E-state index is 0. The summed E-state index contributed by atoms with van der Waals surface area (Å²) >= 11 is 0. The van der Waals surface area contributed by atoms with Crippen molar-refractivity contribution in [2.75, 3.05) is 0 Å². The largest absolute Gasteiger partial charge is 2.00 e. The van der Waals surface area contributed by atoms with Crippen LogP contribution in [0, 0.1) is 13.8 Å². The molecular formula is C8H14Cd. The molecule has 0 N–H and O–H groups in total. The van der Waals surface area contributed by atoms with Crippen LogP contribution in [0.25, 0.3) is 0 Å². The smallest absolute Gasteiger partial charge is 0.245 e. The Morgan fingerprint density at radius 3 is 1.00 bits per heavy atom. The van der Waals surface area contributed by atoms with Crippen LogP contribution in [0.5, 0.6) is 0 Å². The van der Waals surface area contributed by atoms with Gasteiger partial charge in [0, 0.05) is 0 Å². The molecule has 0 radical (unpaired) electrons. The van der Waals surface area contributed by atoms with Crippen LogP contribution in [0.3, 0.4) is 0 Å². The molecule has 0 aliphatic carbocycles. The van der Waals surface area contributed by atoms with Crippen LogP contribution in [0.2, 0.25) is 0 Å². The molecule has 0 aromatic heterocycles. The molecule has 0 nitrogen and oxygen atoms in total. The minimum atomic E-state index is 0. The maximum Gasteiger partial charge on any atom is 2.00 e. The molecule has 0 amide bonds. The third-order valence-electron chi connectivity index (χ3n) is 0.471. The second-order valence-electron chi connectivity index (χ2n) is 1.14. The average Bonchev–Trinajstić information content (AvgIpc) is 1.88.